The first-order chi connectivity index (χ1) is 22.6. The summed E-state index contributed by atoms with van der Waals surface area (Å²) in [6, 6.07) is 11.9. The predicted octanol–water partition coefficient (Wildman–Crippen LogP) is 4.48. The molecule has 0 unspecified atom stereocenters. The monoisotopic (exact) mass is 682 g/mol. The zero-order valence-corrected chi connectivity index (χ0v) is 27.7. The maximum absolute atomic E-state index is 13.0. The fourth-order valence-electron chi connectivity index (χ4n) is 6.24. The van der Waals surface area contributed by atoms with E-state index in [4.69, 9.17) is 9.47 Å². The number of nitrogens with one attached hydrogen (secondary N) is 1. The molecular weight excluding hydrogens is 645 g/mol. The first kappa shape index (κ1) is 32.8. The number of phenols is 2. The molecule has 0 bridgehead atoms. The first-order valence-electron chi connectivity index (χ1n) is 15.6. The molecule has 4 heterocycles. The number of carboxylic acid groups (broad SMARTS) is 1. The van der Waals surface area contributed by atoms with Crippen LogP contribution in [0.25, 0.3) is 10.2 Å². The van der Waals surface area contributed by atoms with Crippen molar-refractivity contribution >= 4 is 44.9 Å². The number of amides is 2. The van der Waals surface area contributed by atoms with E-state index in [2.05, 4.69) is 9.88 Å². The molecule has 2 aromatic carbocycles. The molecule has 0 aliphatic carbocycles. The van der Waals surface area contributed by atoms with Crippen LogP contribution < -0.4 is 9.61 Å². The highest BCUT2D eigenvalue weighted by atomic mass is 32.1. The van der Waals surface area contributed by atoms with E-state index < -0.39 is 6.09 Å². The number of hydrogen-bond acceptors (Lipinski definition) is 10. The van der Waals surface area contributed by atoms with Gasteiger partial charge in [-0.1, -0.05) is 17.4 Å². The van der Waals surface area contributed by atoms with Crippen LogP contribution in [0.5, 0.6) is 17.2 Å². The number of aromatic nitrogens is 1. The van der Waals surface area contributed by atoms with Gasteiger partial charge in [-0.2, -0.15) is 0 Å². The van der Waals surface area contributed by atoms with Gasteiger partial charge in [0.05, 0.1) is 34.9 Å². The summed E-state index contributed by atoms with van der Waals surface area (Å²) in [7, 11) is 0. The molecule has 0 atom stereocenters. The van der Waals surface area contributed by atoms with E-state index in [0.29, 0.717) is 60.8 Å². The minimum atomic E-state index is -1.14. The standard InChI is InChI=1S/C33H38N4O8S2/c1-21-2-7-27(46-21)30(40)37-15-17-45-33(20-37)9-12-35(13-10-33)14-16-44-24-5-3-23(26(39)18-24)19-36(32(42)43)11-8-22-4-6-25(38)28-29(22)47-31(41)34-28/h2-7,18,38-39H,8-17,19-20H2,1H3,(H,34,41)(H,42,43). The van der Waals surface area contributed by atoms with E-state index in [9.17, 15) is 29.7 Å². The minimum absolute atomic E-state index is 0.0281. The van der Waals surface area contributed by atoms with Gasteiger partial charge in [0.1, 0.15) is 29.4 Å². The highest BCUT2D eigenvalue weighted by Crippen LogP contribution is 2.32. The number of rotatable bonds is 10. The number of thiophene rings is 1. The molecule has 250 valence electrons. The third-order valence-corrected chi connectivity index (χ3v) is 10.9. The van der Waals surface area contributed by atoms with Crippen molar-refractivity contribution in [3.05, 3.63) is 73.0 Å². The lowest BCUT2D eigenvalue weighted by Gasteiger charge is -2.47. The second kappa shape index (κ2) is 13.9. The lowest BCUT2D eigenvalue weighted by atomic mass is 9.89. The van der Waals surface area contributed by atoms with Crippen molar-refractivity contribution in [2.75, 3.05) is 52.5 Å². The third-order valence-electron chi connectivity index (χ3n) is 8.91. The number of hydrogen-bond donors (Lipinski definition) is 4. The van der Waals surface area contributed by atoms with Crippen LogP contribution in [0.2, 0.25) is 0 Å². The summed E-state index contributed by atoms with van der Waals surface area (Å²) in [5.74, 6) is 0.479. The molecule has 14 heteroatoms. The van der Waals surface area contributed by atoms with Crippen molar-refractivity contribution in [3.63, 3.8) is 0 Å². The van der Waals surface area contributed by atoms with Gasteiger partial charge < -0.3 is 39.6 Å². The zero-order valence-electron chi connectivity index (χ0n) is 26.1. The molecule has 2 aromatic heterocycles. The number of benzene rings is 2. The number of fused-ring (bicyclic) bond motifs is 1. The number of morpholine rings is 1. The van der Waals surface area contributed by atoms with Gasteiger partial charge in [0.25, 0.3) is 5.91 Å². The first-order valence-corrected chi connectivity index (χ1v) is 17.2. The van der Waals surface area contributed by atoms with Gasteiger partial charge in [0.2, 0.25) is 0 Å². The molecule has 4 aromatic rings. The van der Waals surface area contributed by atoms with Gasteiger partial charge in [-0.05, 0) is 62.1 Å². The van der Waals surface area contributed by atoms with Crippen LogP contribution in [0, 0.1) is 6.92 Å². The molecule has 1 spiro atoms. The normalized spacial score (nSPS) is 16.5. The molecule has 2 saturated heterocycles. The second-order valence-electron chi connectivity index (χ2n) is 12.1. The van der Waals surface area contributed by atoms with Crippen molar-refractivity contribution in [2.45, 2.75) is 38.3 Å². The Kier molecular flexibility index (Phi) is 9.73. The summed E-state index contributed by atoms with van der Waals surface area (Å²) >= 11 is 2.50. The van der Waals surface area contributed by atoms with Gasteiger partial charge in [-0.25, -0.2) is 4.79 Å². The smallest absolute Gasteiger partial charge is 0.407 e. The SMILES string of the molecule is Cc1ccc(C(=O)N2CCOC3(CCN(CCOc4ccc(CN(CCc5ccc(O)c6[nH]c(=O)sc56)C(=O)O)c(O)c4)CC3)C2)s1. The van der Waals surface area contributed by atoms with E-state index in [0.717, 1.165) is 52.6 Å². The lowest BCUT2D eigenvalue weighted by molar-refractivity contribution is -0.127. The maximum atomic E-state index is 13.0. The quantitative estimate of drug-likeness (QED) is 0.190. The van der Waals surface area contributed by atoms with E-state index >= 15 is 0 Å². The van der Waals surface area contributed by atoms with Crippen molar-refractivity contribution in [3.8, 4) is 17.2 Å². The summed E-state index contributed by atoms with van der Waals surface area (Å²) in [6.07, 6.45) is 0.854. The Morgan fingerprint density at radius 2 is 1.83 bits per heavy atom. The van der Waals surface area contributed by atoms with Crippen LogP contribution in [0.4, 0.5) is 4.79 Å². The van der Waals surface area contributed by atoms with Gasteiger partial charge in [-0.3, -0.25) is 14.5 Å². The Morgan fingerprint density at radius 1 is 1.04 bits per heavy atom. The summed E-state index contributed by atoms with van der Waals surface area (Å²) < 4.78 is 12.8. The second-order valence-corrected chi connectivity index (χ2v) is 14.3. The van der Waals surface area contributed by atoms with Gasteiger partial charge >= 0.3 is 11.0 Å². The average Bonchev–Trinajstić information content (AvgIpc) is 3.67. The number of carbonyl (C=O) groups is 2. The van der Waals surface area contributed by atoms with Crippen LogP contribution in [-0.4, -0.2) is 105 Å². The van der Waals surface area contributed by atoms with Crippen molar-refractivity contribution in [1.29, 1.82) is 0 Å². The van der Waals surface area contributed by atoms with Gasteiger partial charge in [-0.15, -0.1) is 11.3 Å². The molecule has 47 heavy (non-hydrogen) atoms. The largest absolute Gasteiger partial charge is 0.507 e. The highest BCUT2D eigenvalue weighted by molar-refractivity contribution is 7.16. The molecule has 2 amide bonds. The Labute approximate surface area is 279 Å². The lowest BCUT2D eigenvalue weighted by Crippen LogP contribution is -2.58. The number of piperidine rings is 1. The van der Waals surface area contributed by atoms with Crippen molar-refractivity contribution in [2.24, 2.45) is 0 Å². The number of aromatic amines is 1. The molecule has 12 nitrogen and oxygen atoms in total. The number of H-pyrrole nitrogens is 1. The van der Waals surface area contributed by atoms with Gasteiger partial charge in [0.15, 0.2) is 0 Å². The maximum Gasteiger partial charge on any atom is 0.407 e. The molecule has 6 rings (SSSR count). The number of aromatic hydroxyl groups is 2. The van der Waals surface area contributed by atoms with E-state index in [1.807, 2.05) is 24.0 Å². The molecule has 2 fully saturated rings. The molecule has 2 aliphatic rings. The number of phenolic OH excluding ortho intramolecular Hbond substituents is 2. The highest BCUT2D eigenvalue weighted by Gasteiger charge is 2.41. The van der Waals surface area contributed by atoms with Crippen LogP contribution in [0.1, 0.15) is 38.5 Å². The number of carbonyl (C=O) groups excluding carboxylic acids is 1. The van der Waals surface area contributed by atoms with Crippen LogP contribution >= 0.6 is 22.7 Å². The third kappa shape index (κ3) is 7.56. The summed E-state index contributed by atoms with van der Waals surface area (Å²) in [6.45, 7) is 6.64. The molecule has 0 saturated carbocycles. The zero-order chi connectivity index (χ0) is 33.1. The minimum Gasteiger partial charge on any atom is -0.507 e. The van der Waals surface area contributed by atoms with Crippen LogP contribution in [-0.2, 0) is 17.7 Å². The predicted molar refractivity (Wildman–Crippen MR) is 179 cm³/mol. The fourth-order valence-corrected chi connectivity index (χ4v) is 7.98. The number of nitrogens with zero attached hydrogens (tertiary/aromatic N) is 3. The molecule has 4 N–H and O–H groups in total. The molecule has 2 aliphatic heterocycles. The van der Waals surface area contributed by atoms with Gasteiger partial charge in [0, 0.05) is 49.2 Å². The fraction of sp³-hybridized carbons (Fsp3) is 0.424. The Bertz CT molecular complexity index is 1810. The van der Waals surface area contributed by atoms with E-state index in [1.165, 1.54) is 28.4 Å². The van der Waals surface area contributed by atoms with Crippen molar-refractivity contribution in [1.82, 2.24) is 19.7 Å². The average molecular weight is 683 g/mol. The summed E-state index contributed by atoms with van der Waals surface area (Å²) in [5, 5.41) is 30.5. The number of ether oxygens (including phenoxy) is 2. The molecular formula is C33H38N4O8S2. The Morgan fingerprint density at radius 3 is 2.55 bits per heavy atom. The molecule has 0 radical (unpaired) electrons. The summed E-state index contributed by atoms with van der Waals surface area (Å²) in [4.78, 5) is 46.5. The van der Waals surface area contributed by atoms with Crippen LogP contribution in [0.3, 0.4) is 0 Å². The summed E-state index contributed by atoms with van der Waals surface area (Å²) in [5.41, 5.74) is 1.22. The van der Waals surface area contributed by atoms with Crippen LogP contribution in [0.15, 0.2) is 47.3 Å². The topological polar surface area (TPSA) is 156 Å². The number of likely N-dealkylation sites (tertiary alicyclic amines) is 1. The van der Waals surface area contributed by atoms with Crippen molar-refractivity contribution < 1.29 is 34.4 Å². The van der Waals surface area contributed by atoms with E-state index in [-0.39, 0.29) is 41.0 Å². The Balaban J connectivity index is 0.970. The van der Waals surface area contributed by atoms with E-state index in [1.54, 1.807) is 18.2 Å². The number of thiazole rings is 1. The Hall–Kier alpha value is -4.11. The number of aryl methyl sites for hydroxylation is 1.